The summed E-state index contributed by atoms with van der Waals surface area (Å²) in [6, 6.07) is 0. The maximum absolute atomic E-state index is 9.13. The number of aromatic nitrogens is 2. The maximum atomic E-state index is 9.13. The van der Waals surface area contributed by atoms with E-state index in [0.29, 0.717) is 12.2 Å². The second kappa shape index (κ2) is 4.15. The lowest BCUT2D eigenvalue weighted by molar-refractivity contribution is 0.141. The second-order valence-electron chi connectivity index (χ2n) is 2.27. The molecule has 4 N–H and O–H groups in total. The number of nitrogens with zero attached hydrogens (tertiary/aromatic N) is 2. The Morgan fingerprint density at radius 1 is 1.58 bits per heavy atom. The molecule has 1 aromatic rings. The van der Waals surface area contributed by atoms with Crippen molar-refractivity contribution in [1.82, 2.24) is 10.1 Å². The summed E-state index contributed by atoms with van der Waals surface area (Å²) in [6.45, 7) is -0.00154. The Kier molecular flexibility index (Phi) is 3.15. The third kappa shape index (κ3) is 2.00. The van der Waals surface area contributed by atoms with Gasteiger partial charge in [-0.1, -0.05) is 5.16 Å². The fourth-order valence-electron chi connectivity index (χ4n) is 0.705. The van der Waals surface area contributed by atoms with Gasteiger partial charge in [-0.25, -0.2) is 0 Å². The van der Waals surface area contributed by atoms with Gasteiger partial charge in [0.1, 0.15) is 6.10 Å². The summed E-state index contributed by atoms with van der Waals surface area (Å²) in [6.07, 6.45) is -0.592. The van der Waals surface area contributed by atoms with Crippen LogP contribution in [0, 0.1) is 0 Å². The van der Waals surface area contributed by atoms with E-state index >= 15 is 0 Å². The fourth-order valence-corrected chi connectivity index (χ4v) is 0.705. The van der Waals surface area contributed by atoms with Gasteiger partial charge in [-0.3, -0.25) is 0 Å². The molecule has 0 radical (unpaired) electrons. The van der Waals surface area contributed by atoms with Gasteiger partial charge in [0.05, 0.1) is 6.61 Å². The number of aliphatic hydroxyl groups is 2. The fraction of sp³-hybridized carbons (Fsp3) is 0.667. The molecule has 0 aliphatic carbocycles. The van der Waals surface area contributed by atoms with Crippen molar-refractivity contribution in [3.63, 3.8) is 0 Å². The van der Waals surface area contributed by atoms with E-state index in [0.717, 1.165) is 0 Å². The summed E-state index contributed by atoms with van der Waals surface area (Å²) in [5, 5.41) is 21.2. The Bertz CT molecular complexity index is 238. The Morgan fingerprint density at radius 3 is 2.92 bits per heavy atom. The summed E-state index contributed by atoms with van der Waals surface area (Å²) < 4.78 is 4.67. The monoisotopic (exact) mass is 173 g/mol. The molecule has 1 heterocycles. The third-order valence-corrected chi connectivity index (χ3v) is 1.33. The van der Waals surface area contributed by atoms with Crippen LogP contribution < -0.4 is 5.73 Å². The van der Waals surface area contributed by atoms with E-state index in [-0.39, 0.29) is 19.0 Å². The highest BCUT2D eigenvalue weighted by molar-refractivity contribution is 4.90. The Hall–Kier alpha value is -0.980. The van der Waals surface area contributed by atoms with Crippen molar-refractivity contribution in [1.29, 1.82) is 0 Å². The highest BCUT2D eigenvalue weighted by Crippen LogP contribution is 2.07. The standard InChI is InChI=1S/C6H11N3O3/c7-3-4(11)6-8-5(1-2-10)9-12-6/h4,10-11H,1-3,7H2/t4-/m0/s1. The first-order chi connectivity index (χ1) is 5.77. The first-order valence-electron chi connectivity index (χ1n) is 3.59. The third-order valence-electron chi connectivity index (χ3n) is 1.33. The molecule has 6 heteroatoms. The van der Waals surface area contributed by atoms with E-state index in [9.17, 15) is 0 Å². The van der Waals surface area contributed by atoms with E-state index in [2.05, 4.69) is 14.7 Å². The van der Waals surface area contributed by atoms with Gasteiger partial charge < -0.3 is 20.5 Å². The minimum atomic E-state index is -0.912. The smallest absolute Gasteiger partial charge is 0.256 e. The van der Waals surface area contributed by atoms with Crippen LogP contribution in [0.3, 0.4) is 0 Å². The first kappa shape index (κ1) is 9.11. The van der Waals surface area contributed by atoms with Gasteiger partial charge in [0.15, 0.2) is 5.82 Å². The molecule has 1 aromatic heterocycles. The Balaban J connectivity index is 2.63. The molecule has 68 valence electrons. The van der Waals surface area contributed by atoms with E-state index < -0.39 is 6.10 Å². The van der Waals surface area contributed by atoms with Crippen molar-refractivity contribution < 1.29 is 14.7 Å². The maximum Gasteiger partial charge on any atom is 0.256 e. The van der Waals surface area contributed by atoms with E-state index in [1.54, 1.807) is 0 Å². The summed E-state index contributed by atoms with van der Waals surface area (Å²) in [4.78, 5) is 3.80. The molecule has 0 saturated heterocycles. The molecular formula is C6H11N3O3. The highest BCUT2D eigenvalue weighted by Gasteiger charge is 2.13. The number of aliphatic hydroxyl groups excluding tert-OH is 2. The van der Waals surface area contributed by atoms with Gasteiger partial charge in [0.2, 0.25) is 0 Å². The first-order valence-corrected chi connectivity index (χ1v) is 3.59. The molecule has 12 heavy (non-hydrogen) atoms. The molecule has 0 spiro atoms. The van der Waals surface area contributed by atoms with Crippen LogP contribution in [0.1, 0.15) is 17.8 Å². The molecule has 0 aliphatic rings. The Labute approximate surface area is 69.0 Å². The zero-order valence-corrected chi connectivity index (χ0v) is 6.47. The van der Waals surface area contributed by atoms with Gasteiger partial charge >= 0.3 is 0 Å². The summed E-state index contributed by atoms with van der Waals surface area (Å²) in [5.74, 6) is 0.473. The Morgan fingerprint density at radius 2 is 2.33 bits per heavy atom. The molecule has 0 aromatic carbocycles. The molecule has 0 saturated carbocycles. The number of hydrogen-bond donors (Lipinski definition) is 3. The van der Waals surface area contributed by atoms with Crippen LogP contribution in [-0.4, -0.2) is 33.5 Å². The van der Waals surface area contributed by atoms with Gasteiger partial charge in [-0.2, -0.15) is 4.98 Å². The number of nitrogens with two attached hydrogens (primary N) is 1. The average molecular weight is 173 g/mol. The predicted octanol–water partition coefficient (Wildman–Crippen LogP) is -1.40. The van der Waals surface area contributed by atoms with E-state index in [1.807, 2.05) is 0 Å². The summed E-state index contributed by atoms with van der Waals surface area (Å²) >= 11 is 0. The van der Waals surface area contributed by atoms with Crippen molar-refractivity contribution in [2.24, 2.45) is 5.73 Å². The lowest BCUT2D eigenvalue weighted by Crippen LogP contribution is -2.11. The largest absolute Gasteiger partial charge is 0.396 e. The normalized spacial score (nSPS) is 13.2. The predicted molar refractivity (Wildman–Crippen MR) is 39.1 cm³/mol. The van der Waals surface area contributed by atoms with Crippen LogP contribution in [0.5, 0.6) is 0 Å². The highest BCUT2D eigenvalue weighted by atomic mass is 16.5. The van der Waals surface area contributed by atoms with Gasteiger partial charge in [-0.15, -0.1) is 0 Å². The zero-order chi connectivity index (χ0) is 8.97. The SMILES string of the molecule is NC[C@H](O)c1nc(CCO)no1. The zero-order valence-electron chi connectivity index (χ0n) is 6.47. The van der Waals surface area contributed by atoms with E-state index in [4.69, 9.17) is 15.9 Å². The molecular weight excluding hydrogens is 162 g/mol. The van der Waals surface area contributed by atoms with Crippen molar-refractivity contribution >= 4 is 0 Å². The van der Waals surface area contributed by atoms with Crippen LogP contribution >= 0.6 is 0 Å². The van der Waals surface area contributed by atoms with Gasteiger partial charge in [-0.05, 0) is 0 Å². The topological polar surface area (TPSA) is 105 Å². The van der Waals surface area contributed by atoms with Crippen molar-refractivity contribution in [2.45, 2.75) is 12.5 Å². The summed E-state index contributed by atoms with van der Waals surface area (Å²) in [5.41, 5.74) is 5.16. The minimum absolute atomic E-state index is 0.0424. The average Bonchev–Trinajstić information content (AvgIpc) is 2.52. The quantitative estimate of drug-likeness (QED) is 0.517. The molecule has 1 atom stereocenters. The lowest BCUT2D eigenvalue weighted by atomic mass is 10.3. The van der Waals surface area contributed by atoms with E-state index in [1.165, 1.54) is 0 Å². The van der Waals surface area contributed by atoms with Crippen LogP contribution in [-0.2, 0) is 6.42 Å². The van der Waals surface area contributed by atoms with Crippen LogP contribution in [0.2, 0.25) is 0 Å². The van der Waals surface area contributed by atoms with Gasteiger partial charge in [0, 0.05) is 13.0 Å². The molecule has 0 bridgehead atoms. The lowest BCUT2D eigenvalue weighted by Gasteiger charge is -1.97. The molecule has 0 unspecified atom stereocenters. The minimum Gasteiger partial charge on any atom is -0.396 e. The molecule has 0 amide bonds. The van der Waals surface area contributed by atoms with Crippen molar-refractivity contribution in [3.8, 4) is 0 Å². The van der Waals surface area contributed by atoms with Crippen molar-refractivity contribution in [2.75, 3.05) is 13.2 Å². The van der Waals surface area contributed by atoms with Gasteiger partial charge in [0.25, 0.3) is 5.89 Å². The molecule has 6 nitrogen and oxygen atoms in total. The number of rotatable bonds is 4. The van der Waals surface area contributed by atoms with Crippen molar-refractivity contribution in [3.05, 3.63) is 11.7 Å². The van der Waals surface area contributed by atoms with Crippen LogP contribution in [0.25, 0.3) is 0 Å². The van der Waals surface area contributed by atoms with Crippen LogP contribution in [0.15, 0.2) is 4.52 Å². The second-order valence-corrected chi connectivity index (χ2v) is 2.27. The number of hydrogen-bond acceptors (Lipinski definition) is 6. The molecule has 1 rings (SSSR count). The van der Waals surface area contributed by atoms with Crippen LogP contribution in [0.4, 0.5) is 0 Å². The molecule has 0 fully saturated rings. The molecule has 0 aliphatic heterocycles. The summed E-state index contributed by atoms with van der Waals surface area (Å²) in [7, 11) is 0.